The number of nitrogens with zero attached hydrogens (tertiary/aromatic N) is 3. The zero-order valence-electron chi connectivity index (χ0n) is 16.6. The van der Waals surface area contributed by atoms with Crippen molar-refractivity contribution in [1.29, 1.82) is 5.26 Å². The van der Waals surface area contributed by atoms with Gasteiger partial charge in [0.05, 0.1) is 30.0 Å². The van der Waals surface area contributed by atoms with Gasteiger partial charge in [0.2, 0.25) is 5.88 Å². The number of aromatic nitrogens is 2. The molecule has 1 saturated carbocycles. The smallest absolute Gasteiger partial charge is 0.318 e. The predicted molar refractivity (Wildman–Crippen MR) is 111 cm³/mol. The predicted octanol–water partition coefficient (Wildman–Crippen LogP) is 2.64. The average molecular weight is 403 g/mol. The number of amides is 2. The standard InChI is InChI=1S/C22H21N5O3/c1-24-22(29)25-12-17(13-28)20-10-19(21(30-2)27-26-20)18-9-16(18)8-7-14-3-5-15(11-23)6-4-14/h3-8,10,12-13,16,18H,9H2,1-2H3,(H2,24,25,29)/b8-7+,17-12+/t16-,18?/m0/s1. The molecule has 8 nitrogen and oxygen atoms in total. The molecular weight excluding hydrogens is 382 g/mol. The first-order chi connectivity index (χ1) is 14.6. The van der Waals surface area contributed by atoms with E-state index in [0.717, 1.165) is 17.5 Å². The van der Waals surface area contributed by atoms with Crippen molar-refractivity contribution in [3.05, 3.63) is 65.0 Å². The molecule has 1 fully saturated rings. The number of rotatable bonds is 7. The van der Waals surface area contributed by atoms with Gasteiger partial charge in [-0.2, -0.15) is 5.26 Å². The molecule has 0 bridgehead atoms. The molecule has 2 N–H and O–H groups in total. The number of hydrogen-bond acceptors (Lipinski definition) is 6. The molecule has 0 saturated heterocycles. The molecule has 1 aromatic carbocycles. The summed E-state index contributed by atoms with van der Waals surface area (Å²) in [4.78, 5) is 22.8. The van der Waals surface area contributed by atoms with Gasteiger partial charge in [-0.05, 0) is 42.0 Å². The highest BCUT2D eigenvalue weighted by Gasteiger charge is 2.39. The summed E-state index contributed by atoms with van der Waals surface area (Å²) in [6, 6.07) is 10.8. The molecule has 30 heavy (non-hydrogen) atoms. The van der Waals surface area contributed by atoms with E-state index in [4.69, 9.17) is 10.00 Å². The monoisotopic (exact) mass is 403 g/mol. The Hall–Kier alpha value is -3.99. The van der Waals surface area contributed by atoms with Crippen LogP contribution in [0.4, 0.5) is 4.79 Å². The third kappa shape index (κ3) is 4.89. The fourth-order valence-corrected chi connectivity index (χ4v) is 3.03. The summed E-state index contributed by atoms with van der Waals surface area (Å²) in [5.74, 6) is 0.922. The molecule has 1 aliphatic carbocycles. The molecule has 2 aromatic rings. The second kappa shape index (κ2) is 9.47. The van der Waals surface area contributed by atoms with Gasteiger partial charge in [0.15, 0.2) is 6.29 Å². The van der Waals surface area contributed by atoms with E-state index in [2.05, 4.69) is 33.0 Å². The Morgan fingerprint density at radius 2 is 2.07 bits per heavy atom. The molecule has 1 aromatic heterocycles. The minimum Gasteiger partial charge on any atom is -0.480 e. The number of nitriles is 1. The Morgan fingerprint density at radius 3 is 2.70 bits per heavy atom. The van der Waals surface area contributed by atoms with Crippen molar-refractivity contribution >= 4 is 24.0 Å². The van der Waals surface area contributed by atoms with Crippen molar-refractivity contribution < 1.29 is 14.3 Å². The summed E-state index contributed by atoms with van der Waals surface area (Å²) in [7, 11) is 3.01. The first-order valence-electron chi connectivity index (χ1n) is 9.33. The van der Waals surface area contributed by atoms with Crippen LogP contribution in [0.25, 0.3) is 11.6 Å². The molecule has 1 unspecified atom stereocenters. The number of carbonyl (C=O) groups is 2. The lowest BCUT2D eigenvalue weighted by atomic mass is 10.1. The number of aldehydes is 1. The van der Waals surface area contributed by atoms with Crippen LogP contribution in [0, 0.1) is 17.2 Å². The summed E-state index contributed by atoms with van der Waals surface area (Å²) >= 11 is 0. The normalized spacial score (nSPS) is 17.8. The maximum Gasteiger partial charge on any atom is 0.318 e. The Morgan fingerprint density at radius 1 is 1.30 bits per heavy atom. The van der Waals surface area contributed by atoms with Crippen LogP contribution in [0.5, 0.6) is 5.88 Å². The summed E-state index contributed by atoms with van der Waals surface area (Å²) in [5, 5.41) is 21.9. The molecule has 8 heteroatoms. The van der Waals surface area contributed by atoms with Crippen LogP contribution in [0.15, 0.2) is 42.6 Å². The maximum absolute atomic E-state index is 11.5. The highest BCUT2D eigenvalue weighted by atomic mass is 16.5. The van der Waals surface area contributed by atoms with E-state index in [0.29, 0.717) is 29.3 Å². The van der Waals surface area contributed by atoms with E-state index in [9.17, 15) is 9.59 Å². The maximum atomic E-state index is 11.5. The van der Waals surface area contributed by atoms with Crippen molar-refractivity contribution in [2.45, 2.75) is 12.3 Å². The lowest BCUT2D eigenvalue weighted by Gasteiger charge is -2.08. The Balaban J connectivity index is 1.77. The molecular formula is C22H21N5O3. The van der Waals surface area contributed by atoms with Gasteiger partial charge in [-0.3, -0.25) is 4.79 Å². The zero-order valence-corrected chi connectivity index (χ0v) is 16.6. The second-order valence-electron chi connectivity index (χ2n) is 6.73. The van der Waals surface area contributed by atoms with Crippen molar-refractivity contribution in [2.75, 3.05) is 14.2 Å². The molecule has 0 spiro atoms. The molecule has 2 atom stereocenters. The fourth-order valence-electron chi connectivity index (χ4n) is 3.03. The Kier molecular flexibility index (Phi) is 6.55. The Labute approximate surface area is 174 Å². The number of benzene rings is 1. The van der Waals surface area contributed by atoms with E-state index >= 15 is 0 Å². The number of carbonyl (C=O) groups excluding carboxylic acids is 2. The van der Waals surface area contributed by atoms with Gasteiger partial charge in [0, 0.05) is 18.8 Å². The van der Waals surface area contributed by atoms with Crippen molar-refractivity contribution in [2.24, 2.45) is 5.92 Å². The van der Waals surface area contributed by atoms with Crippen LogP contribution in [0.2, 0.25) is 0 Å². The molecule has 0 aliphatic heterocycles. The van der Waals surface area contributed by atoms with Crippen LogP contribution in [-0.4, -0.2) is 36.7 Å². The number of allylic oxidation sites excluding steroid dienone is 2. The lowest BCUT2D eigenvalue weighted by Crippen LogP contribution is -2.28. The van der Waals surface area contributed by atoms with Gasteiger partial charge in [-0.15, -0.1) is 10.2 Å². The minimum absolute atomic E-state index is 0.198. The summed E-state index contributed by atoms with van der Waals surface area (Å²) in [6.45, 7) is 0. The van der Waals surface area contributed by atoms with Crippen molar-refractivity contribution in [3.63, 3.8) is 0 Å². The van der Waals surface area contributed by atoms with Gasteiger partial charge in [0.25, 0.3) is 0 Å². The zero-order chi connectivity index (χ0) is 21.5. The van der Waals surface area contributed by atoms with Gasteiger partial charge in [-0.1, -0.05) is 24.3 Å². The van der Waals surface area contributed by atoms with E-state index < -0.39 is 6.03 Å². The van der Waals surface area contributed by atoms with Gasteiger partial charge in [-0.25, -0.2) is 4.79 Å². The fraction of sp³-hybridized carbons (Fsp3) is 0.227. The largest absolute Gasteiger partial charge is 0.480 e. The second-order valence-corrected chi connectivity index (χ2v) is 6.73. The van der Waals surface area contributed by atoms with Gasteiger partial charge in [0.1, 0.15) is 0 Å². The Bertz CT molecular complexity index is 1040. The van der Waals surface area contributed by atoms with Crippen LogP contribution in [0.3, 0.4) is 0 Å². The van der Waals surface area contributed by atoms with Crippen molar-refractivity contribution in [1.82, 2.24) is 20.8 Å². The van der Waals surface area contributed by atoms with E-state index in [-0.39, 0.29) is 11.5 Å². The minimum atomic E-state index is -0.439. The average Bonchev–Trinajstić information content (AvgIpc) is 3.57. The summed E-state index contributed by atoms with van der Waals surface area (Å²) in [5.41, 5.74) is 3.08. The topological polar surface area (TPSA) is 117 Å². The number of methoxy groups -OCH3 is 1. The SMILES string of the molecule is CNC(=O)N/C=C(\C=O)c1cc(C2C[C@@H]2/C=C/c2ccc(C#N)cc2)c(OC)nn1. The van der Waals surface area contributed by atoms with E-state index in [1.165, 1.54) is 20.4 Å². The number of hydrogen-bond donors (Lipinski definition) is 2. The molecule has 1 heterocycles. The quantitative estimate of drug-likeness (QED) is 0.542. The van der Waals surface area contributed by atoms with Crippen LogP contribution >= 0.6 is 0 Å². The van der Waals surface area contributed by atoms with Crippen LogP contribution in [-0.2, 0) is 4.79 Å². The van der Waals surface area contributed by atoms with Crippen LogP contribution < -0.4 is 15.4 Å². The molecule has 152 valence electrons. The summed E-state index contributed by atoms with van der Waals surface area (Å²) < 4.78 is 5.35. The molecule has 1 aliphatic rings. The molecule has 3 rings (SSSR count). The van der Waals surface area contributed by atoms with Crippen molar-refractivity contribution in [3.8, 4) is 11.9 Å². The highest BCUT2D eigenvalue weighted by molar-refractivity contribution is 6.06. The number of nitrogens with one attached hydrogen (secondary N) is 2. The highest BCUT2D eigenvalue weighted by Crippen LogP contribution is 2.51. The first-order valence-corrected chi connectivity index (χ1v) is 9.33. The first kappa shape index (κ1) is 20.7. The lowest BCUT2D eigenvalue weighted by molar-refractivity contribution is -0.103. The van der Waals surface area contributed by atoms with Gasteiger partial charge >= 0.3 is 6.03 Å². The number of urea groups is 1. The summed E-state index contributed by atoms with van der Waals surface area (Å²) in [6.07, 6.45) is 6.98. The third-order valence-electron chi connectivity index (χ3n) is 4.80. The van der Waals surface area contributed by atoms with E-state index in [1.807, 2.05) is 18.2 Å². The molecule has 2 amide bonds. The van der Waals surface area contributed by atoms with Gasteiger partial charge < -0.3 is 15.4 Å². The number of ether oxygens (including phenoxy) is 1. The third-order valence-corrected chi connectivity index (χ3v) is 4.80. The van der Waals surface area contributed by atoms with E-state index in [1.54, 1.807) is 18.2 Å². The molecule has 0 radical (unpaired) electrons. The van der Waals surface area contributed by atoms with Crippen LogP contribution in [0.1, 0.15) is 34.7 Å².